The van der Waals surface area contributed by atoms with Crippen molar-refractivity contribution in [3.63, 3.8) is 0 Å². The van der Waals surface area contributed by atoms with E-state index >= 15 is 0 Å². The zero-order valence-corrected chi connectivity index (χ0v) is 28.2. The van der Waals surface area contributed by atoms with Gasteiger partial charge in [-0.3, -0.25) is 14.4 Å². The minimum Gasteiger partial charge on any atom is -0.494 e. The van der Waals surface area contributed by atoms with Crippen molar-refractivity contribution in [2.24, 2.45) is 0 Å². The highest BCUT2D eigenvalue weighted by atomic mass is 19.1. The second-order valence-corrected chi connectivity index (χ2v) is 12.0. The molecule has 0 aliphatic rings. The van der Waals surface area contributed by atoms with Gasteiger partial charge in [-0.25, -0.2) is 9.18 Å². The van der Waals surface area contributed by atoms with Crippen molar-refractivity contribution in [1.29, 1.82) is 0 Å². The summed E-state index contributed by atoms with van der Waals surface area (Å²) < 4.78 is 25.1. The molecule has 9 heteroatoms. The number of rotatable bonds is 17. The van der Waals surface area contributed by atoms with Gasteiger partial charge in [-0.2, -0.15) is 0 Å². The minimum atomic E-state index is -0.785. The minimum absolute atomic E-state index is 0.00612. The van der Waals surface area contributed by atoms with Gasteiger partial charge in [0.25, 0.3) is 5.91 Å². The summed E-state index contributed by atoms with van der Waals surface area (Å²) in [6.07, 6.45) is 6.03. The molecule has 1 atom stereocenters. The molecule has 8 nitrogen and oxygen atoms in total. The lowest BCUT2D eigenvalue weighted by Gasteiger charge is -2.17. The van der Waals surface area contributed by atoms with Crippen LogP contribution in [0.4, 0.5) is 10.1 Å². The van der Waals surface area contributed by atoms with Gasteiger partial charge < -0.3 is 20.1 Å². The van der Waals surface area contributed by atoms with Gasteiger partial charge in [0.15, 0.2) is 5.78 Å². The normalized spacial score (nSPS) is 11.3. The van der Waals surface area contributed by atoms with Gasteiger partial charge in [0.1, 0.15) is 17.3 Å². The first-order valence-corrected chi connectivity index (χ1v) is 16.6. The van der Waals surface area contributed by atoms with E-state index in [2.05, 4.69) is 17.6 Å². The Morgan fingerprint density at radius 3 is 2.04 bits per heavy atom. The van der Waals surface area contributed by atoms with E-state index in [1.165, 1.54) is 32.3 Å². The number of aryl methyl sites for hydroxylation is 1. The topological polar surface area (TPSA) is 111 Å². The molecule has 0 saturated carbocycles. The van der Waals surface area contributed by atoms with Crippen molar-refractivity contribution in [3.05, 3.63) is 125 Å². The third-order valence-corrected chi connectivity index (χ3v) is 8.01. The van der Waals surface area contributed by atoms with Gasteiger partial charge in [0.05, 0.1) is 24.6 Å². The second kappa shape index (κ2) is 18.3. The van der Waals surface area contributed by atoms with Crippen LogP contribution in [0.3, 0.4) is 0 Å². The van der Waals surface area contributed by atoms with Gasteiger partial charge in [-0.1, -0.05) is 56.9 Å². The maximum atomic E-state index is 13.8. The Morgan fingerprint density at radius 2 is 1.39 bits per heavy atom. The predicted octanol–water partition coefficient (Wildman–Crippen LogP) is 7.81. The summed E-state index contributed by atoms with van der Waals surface area (Å²) in [5.74, 6) is -0.789. The Bertz CT molecular complexity index is 1720. The van der Waals surface area contributed by atoms with Crippen LogP contribution in [0.5, 0.6) is 11.5 Å². The summed E-state index contributed by atoms with van der Waals surface area (Å²) in [7, 11) is 0. The number of nitrogens with one attached hydrogen (secondary N) is 2. The van der Waals surface area contributed by atoms with E-state index in [1.54, 1.807) is 91.9 Å². The van der Waals surface area contributed by atoms with E-state index in [4.69, 9.17) is 9.47 Å². The molecule has 4 aromatic rings. The molecule has 0 fully saturated rings. The van der Waals surface area contributed by atoms with E-state index in [9.17, 15) is 23.6 Å². The molecule has 4 rings (SSSR count). The molecule has 0 aliphatic carbocycles. The number of anilines is 1. The van der Waals surface area contributed by atoms with E-state index in [1.807, 2.05) is 0 Å². The van der Waals surface area contributed by atoms with Crippen LogP contribution in [0.25, 0.3) is 0 Å². The van der Waals surface area contributed by atoms with E-state index < -0.39 is 17.9 Å². The molecule has 2 amide bonds. The lowest BCUT2D eigenvalue weighted by molar-refractivity contribution is -0.119. The number of hydrogen-bond donors (Lipinski definition) is 2. The average molecular weight is 667 g/mol. The molecule has 0 bridgehead atoms. The Balaban J connectivity index is 1.24. The lowest BCUT2D eigenvalue weighted by atomic mass is 10.0. The summed E-state index contributed by atoms with van der Waals surface area (Å²) in [5, 5.41) is 5.51. The van der Waals surface area contributed by atoms with Gasteiger partial charge in [0.2, 0.25) is 5.91 Å². The fourth-order valence-corrected chi connectivity index (χ4v) is 5.06. The van der Waals surface area contributed by atoms with Crippen molar-refractivity contribution >= 4 is 29.3 Å². The van der Waals surface area contributed by atoms with E-state index in [0.717, 1.165) is 18.4 Å². The molecule has 49 heavy (non-hydrogen) atoms. The number of benzene rings is 4. The molecular weight excluding hydrogens is 623 g/mol. The first-order valence-electron chi connectivity index (χ1n) is 16.6. The van der Waals surface area contributed by atoms with Crippen molar-refractivity contribution in [2.45, 2.75) is 71.8 Å². The van der Waals surface area contributed by atoms with Crippen LogP contribution >= 0.6 is 0 Å². The first kappa shape index (κ1) is 36.5. The standard InChI is InChI=1S/C40H43FN2O6/c1-4-5-6-7-8-23-48-34-21-15-32(16-22-34)40(47)49-35-19-11-29(12-20-35)25-37(28(3)44)43-39(46)31-13-17-33(18-14-31)42-38(45)26-30-10-9-27(2)36(41)24-30/h9-22,24,37H,4-8,23,25-26H2,1-3H3,(H,42,45)(H,43,46)/t37-/m0/s1. The first-order chi connectivity index (χ1) is 23.6. The molecule has 0 aromatic heterocycles. The Kier molecular flexibility index (Phi) is 13.6. The van der Waals surface area contributed by atoms with Crippen LogP contribution < -0.4 is 20.1 Å². The molecule has 2 N–H and O–H groups in total. The zero-order chi connectivity index (χ0) is 35.2. The Labute approximate surface area is 287 Å². The number of hydrogen-bond acceptors (Lipinski definition) is 6. The maximum Gasteiger partial charge on any atom is 0.343 e. The van der Waals surface area contributed by atoms with Crippen LogP contribution in [0.15, 0.2) is 91.0 Å². The highest BCUT2D eigenvalue weighted by Crippen LogP contribution is 2.19. The second-order valence-electron chi connectivity index (χ2n) is 12.0. The number of esters is 1. The van der Waals surface area contributed by atoms with Gasteiger partial charge >= 0.3 is 5.97 Å². The van der Waals surface area contributed by atoms with Crippen LogP contribution in [0.1, 0.15) is 83.4 Å². The number of ether oxygens (including phenoxy) is 2. The van der Waals surface area contributed by atoms with Crippen molar-refractivity contribution in [2.75, 3.05) is 11.9 Å². The summed E-state index contributed by atoms with van der Waals surface area (Å²) >= 11 is 0. The summed E-state index contributed by atoms with van der Waals surface area (Å²) in [6, 6.07) is 23.8. The lowest BCUT2D eigenvalue weighted by Crippen LogP contribution is -2.41. The molecular formula is C40H43FN2O6. The summed E-state index contributed by atoms with van der Waals surface area (Å²) in [6.45, 7) is 5.89. The highest BCUT2D eigenvalue weighted by molar-refractivity contribution is 5.98. The van der Waals surface area contributed by atoms with Gasteiger partial charge in [-0.15, -0.1) is 0 Å². The fourth-order valence-electron chi connectivity index (χ4n) is 5.06. The van der Waals surface area contributed by atoms with Crippen LogP contribution in [0.2, 0.25) is 0 Å². The van der Waals surface area contributed by atoms with Gasteiger partial charge in [-0.05, 0) is 110 Å². The average Bonchev–Trinajstić information content (AvgIpc) is 3.09. The van der Waals surface area contributed by atoms with Gasteiger partial charge in [0, 0.05) is 11.3 Å². The molecule has 0 aliphatic heterocycles. The third kappa shape index (κ3) is 11.7. The van der Waals surface area contributed by atoms with Crippen LogP contribution in [0, 0.1) is 12.7 Å². The molecule has 0 unspecified atom stereocenters. The Hall–Kier alpha value is -5.31. The van der Waals surface area contributed by atoms with Crippen molar-refractivity contribution < 1.29 is 33.0 Å². The predicted molar refractivity (Wildman–Crippen MR) is 188 cm³/mol. The SMILES string of the molecule is CCCCCCCOc1ccc(C(=O)Oc2ccc(C[C@H](NC(=O)c3ccc(NC(=O)Cc4ccc(C)c(F)c4)cc3)C(C)=O)cc2)cc1. The molecule has 0 heterocycles. The number of halogens is 1. The number of carbonyl (C=O) groups is 4. The van der Waals surface area contributed by atoms with Crippen molar-refractivity contribution in [3.8, 4) is 11.5 Å². The monoisotopic (exact) mass is 666 g/mol. The molecule has 4 aromatic carbocycles. The largest absolute Gasteiger partial charge is 0.494 e. The Morgan fingerprint density at radius 1 is 0.755 bits per heavy atom. The maximum absolute atomic E-state index is 13.8. The number of unbranched alkanes of at least 4 members (excludes halogenated alkanes) is 4. The smallest absolute Gasteiger partial charge is 0.343 e. The quantitative estimate of drug-likeness (QED) is 0.0676. The number of carbonyl (C=O) groups excluding carboxylic acids is 4. The molecule has 0 radical (unpaired) electrons. The number of ketones is 1. The summed E-state index contributed by atoms with van der Waals surface area (Å²) in [5.41, 5.74) is 3.02. The van der Waals surface area contributed by atoms with E-state index in [-0.39, 0.29) is 30.3 Å². The third-order valence-electron chi connectivity index (χ3n) is 8.01. The van der Waals surface area contributed by atoms with Crippen LogP contribution in [-0.4, -0.2) is 36.2 Å². The number of amides is 2. The van der Waals surface area contributed by atoms with Crippen molar-refractivity contribution in [1.82, 2.24) is 5.32 Å². The highest BCUT2D eigenvalue weighted by Gasteiger charge is 2.19. The molecule has 256 valence electrons. The fraction of sp³-hybridized carbons (Fsp3) is 0.300. The molecule has 0 saturated heterocycles. The van der Waals surface area contributed by atoms with Crippen LogP contribution in [-0.2, 0) is 22.4 Å². The van der Waals surface area contributed by atoms with E-state index in [0.29, 0.717) is 46.0 Å². The summed E-state index contributed by atoms with van der Waals surface area (Å²) in [4.78, 5) is 50.5. The zero-order valence-electron chi connectivity index (χ0n) is 28.2. The number of Topliss-reactive ketones (excluding diaryl/α,β-unsaturated/α-hetero) is 1. The molecule has 0 spiro atoms.